The Morgan fingerprint density at radius 3 is 2.81 bits per heavy atom. The smallest absolute Gasteiger partial charge is 0.313 e. The Labute approximate surface area is 131 Å². The maximum absolute atomic E-state index is 12.5. The van der Waals surface area contributed by atoms with Crippen LogP contribution in [0, 0.1) is 12.3 Å². The molecule has 7 heteroatoms. The fourth-order valence-corrected chi connectivity index (χ4v) is 3.24. The molecule has 1 aliphatic heterocycles. The highest BCUT2D eigenvalue weighted by Crippen LogP contribution is 2.32. The standard InChI is InChI=1S/C14H18BrNO5/c1-9-6-10(15)21-11(9)12(17)16-5-3-4-14(7-16,8-20-2)13(18)19/h6H,3-5,7-8H2,1-2H3,(H,18,19). The quantitative estimate of drug-likeness (QED) is 0.891. The molecule has 2 rings (SSSR count). The molecule has 0 spiro atoms. The van der Waals surface area contributed by atoms with E-state index in [2.05, 4.69) is 15.9 Å². The topological polar surface area (TPSA) is 80.0 Å². The monoisotopic (exact) mass is 359 g/mol. The number of nitrogens with zero attached hydrogens (tertiary/aromatic N) is 1. The summed E-state index contributed by atoms with van der Waals surface area (Å²) in [4.78, 5) is 25.7. The first-order chi connectivity index (χ1) is 9.89. The minimum atomic E-state index is -1.04. The first-order valence-corrected chi connectivity index (χ1v) is 7.46. The minimum Gasteiger partial charge on any atom is -0.481 e. The van der Waals surface area contributed by atoms with E-state index in [1.54, 1.807) is 13.0 Å². The summed E-state index contributed by atoms with van der Waals surface area (Å²) in [5.74, 6) is -0.959. The molecule has 6 nitrogen and oxygen atoms in total. The van der Waals surface area contributed by atoms with Gasteiger partial charge in [-0.25, -0.2) is 0 Å². The van der Waals surface area contributed by atoms with Gasteiger partial charge in [-0.3, -0.25) is 9.59 Å². The molecule has 1 fully saturated rings. The van der Waals surface area contributed by atoms with Crippen LogP contribution in [-0.4, -0.2) is 48.7 Å². The molecule has 1 aromatic heterocycles. The number of aryl methyl sites for hydroxylation is 1. The number of ether oxygens (including phenoxy) is 1. The molecule has 2 heterocycles. The van der Waals surface area contributed by atoms with Crippen molar-refractivity contribution in [3.8, 4) is 0 Å². The van der Waals surface area contributed by atoms with E-state index in [0.29, 0.717) is 24.1 Å². The van der Waals surface area contributed by atoms with Crippen molar-refractivity contribution in [2.45, 2.75) is 19.8 Å². The van der Waals surface area contributed by atoms with E-state index in [9.17, 15) is 14.7 Å². The highest BCUT2D eigenvalue weighted by Gasteiger charge is 2.44. The summed E-state index contributed by atoms with van der Waals surface area (Å²) in [6, 6.07) is 1.72. The molecule has 1 aromatic rings. The van der Waals surface area contributed by atoms with E-state index >= 15 is 0 Å². The number of likely N-dealkylation sites (tertiary alicyclic amines) is 1. The molecule has 116 valence electrons. The van der Waals surface area contributed by atoms with Crippen molar-refractivity contribution in [1.82, 2.24) is 4.90 Å². The summed E-state index contributed by atoms with van der Waals surface area (Å²) in [6.45, 7) is 2.53. The van der Waals surface area contributed by atoms with E-state index in [4.69, 9.17) is 9.15 Å². The van der Waals surface area contributed by atoms with Crippen LogP contribution in [0.1, 0.15) is 29.0 Å². The van der Waals surface area contributed by atoms with Gasteiger partial charge in [0.2, 0.25) is 0 Å². The van der Waals surface area contributed by atoms with Crippen molar-refractivity contribution < 1.29 is 23.8 Å². The Hall–Kier alpha value is -1.34. The maximum atomic E-state index is 12.5. The van der Waals surface area contributed by atoms with Crippen LogP contribution in [-0.2, 0) is 9.53 Å². The summed E-state index contributed by atoms with van der Waals surface area (Å²) in [7, 11) is 1.47. The number of carbonyl (C=O) groups is 2. The first kappa shape index (κ1) is 16.0. The molecule has 1 atom stereocenters. The number of amides is 1. The number of aliphatic carboxylic acids is 1. The lowest BCUT2D eigenvalue weighted by atomic mass is 9.80. The Bertz CT molecular complexity index is 552. The molecule has 21 heavy (non-hydrogen) atoms. The van der Waals surface area contributed by atoms with Crippen molar-refractivity contribution in [2.75, 3.05) is 26.8 Å². The van der Waals surface area contributed by atoms with Gasteiger partial charge in [0.1, 0.15) is 5.41 Å². The van der Waals surface area contributed by atoms with Gasteiger partial charge < -0.3 is 19.2 Å². The van der Waals surface area contributed by atoms with Gasteiger partial charge in [-0.1, -0.05) is 0 Å². The van der Waals surface area contributed by atoms with Gasteiger partial charge in [-0.05, 0) is 41.8 Å². The molecule has 1 unspecified atom stereocenters. The largest absolute Gasteiger partial charge is 0.481 e. The molecule has 0 bridgehead atoms. The van der Waals surface area contributed by atoms with Crippen LogP contribution >= 0.6 is 15.9 Å². The molecule has 0 saturated carbocycles. The van der Waals surface area contributed by atoms with Crippen LogP contribution in [0.4, 0.5) is 0 Å². The number of rotatable bonds is 4. The van der Waals surface area contributed by atoms with E-state index in [-0.39, 0.29) is 24.8 Å². The summed E-state index contributed by atoms with van der Waals surface area (Å²) < 4.78 is 10.9. The number of carboxylic acids is 1. The minimum absolute atomic E-state index is 0.0902. The van der Waals surface area contributed by atoms with E-state index < -0.39 is 11.4 Å². The molecule has 0 radical (unpaired) electrons. The van der Waals surface area contributed by atoms with Crippen molar-refractivity contribution in [3.05, 3.63) is 22.1 Å². The predicted octanol–water partition coefficient (Wildman–Crippen LogP) is 2.30. The third kappa shape index (κ3) is 3.13. The van der Waals surface area contributed by atoms with E-state index in [1.807, 2.05) is 0 Å². The van der Waals surface area contributed by atoms with Crippen molar-refractivity contribution in [3.63, 3.8) is 0 Å². The number of methoxy groups -OCH3 is 1. The van der Waals surface area contributed by atoms with Gasteiger partial charge in [0.05, 0.1) is 6.61 Å². The molecular formula is C14H18BrNO5. The lowest BCUT2D eigenvalue weighted by Crippen LogP contribution is -2.52. The number of carboxylic acid groups (broad SMARTS) is 1. The molecule has 1 N–H and O–H groups in total. The molecule has 1 aliphatic rings. The average Bonchev–Trinajstić information content (AvgIpc) is 2.77. The summed E-state index contributed by atoms with van der Waals surface area (Å²) in [5.41, 5.74) is -0.314. The number of halogens is 1. The van der Waals surface area contributed by atoms with Crippen LogP contribution in [0.3, 0.4) is 0 Å². The SMILES string of the molecule is COCC1(C(=O)O)CCCN(C(=O)c2oc(Br)cc2C)C1. The molecule has 1 amide bonds. The zero-order valence-electron chi connectivity index (χ0n) is 12.0. The number of piperidine rings is 1. The molecule has 0 aliphatic carbocycles. The lowest BCUT2D eigenvalue weighted by molar-refractivity contribution is -0.155. The second-order valence-electron chi connectivity index (χ2n) is 5.41. The van der Waals surface area contributed by atoms with Crippen LogP contribution < -0.4 is 0 Å². The van der Waals surface area contributed by atoms with E-state index in [1.165, 1.54) is 12.0 Å². The predicted molar refractivity (Wildman–Crippen MR) is 78.2 cm³/mol. The molecule has 1 saturated heterocycles. The van der Waals surface area contributed by atoms with Crippen molar-refractivity contribution in [2.24, 2.45) is 5.41 Å². The lowest BCUT2D eigenvalue weighted by Gasteiger charge is -2.39. The average molecular weight is 360 g/mol. The summed E-state index contributed by atoms with van der Waals surface area (Å²) >= 11 is 3.19. The fourth-order valence-electron chi connectivity index (χ4n) is 2.73. The Balaban J connectivity index is 2.22. The molecule has 0 aromatic carbocycles. The third-order valence-electron chi connectivity index (χ3n) is 3.82. The van der Waals surface area contributed by atoms with Crippen LogP contribution in [0.5, 0.6) is 0 Å². The summed E-state index contributed by atoms with van der Waals surface area (Å²) in [5, 5.41) is 9.50. The number of hydrogen-bond donors (Lipinski definition) is 1. The second-order valence-corrected chi connectivity index (χ2v) is 6.19. The Kier molecular flexibility index (Phi) is 4.73. The second kappa shape index (κ2) is 6.19. The van der Waals surface area contributed by atoms with E-state index in [0.717, 1.165) is 5.56 Å². The number of furan rings is 1. The Morgan fingerprint density at radius 1 is 1.57 bits per heavy atom. The zero-order chi connectivity index (χ0) is 15.6. The van der Waals surface area contributed by atoms with Gasteiger partial charge in [-0.2, -0.15) is 0 Å². The number of hydrogen-bond acceptors (Lipinski definition) is 4. The van der Waals surface area contributed by atoms with Crippen LogP contribution in [0.2, 0.25) is 0 Å². The summed E-state index contributed by atoms with van der Waals surface area (Å²) in [6.07, 6.45) is 1.13. The van der Waals surface area contributed by atoms with Crippen molar-refractivity contribution >= 4 is 27.8 Å². The van der Waals surface area contributed by atoms with Crippen LogP contribution in [0.15, 0.2) is 15.2 Å². The Morgan fingerprint density at radius 2 is 2.29 bits per heavy atom. The number of carbonyl (C=O) groups excluding carboxylic acids is 1. The third-order valence-corrected chi connectivity index (χ3v) is 4.21. The fraction of sp³-hybridized carbons (Fsp3) is 0.571. The van der Waals surface area contributed by atoms with Gasteiger partial charge in [0.25, 0.3) is 5.91 Å². The normalized spacial score (nSPS) is 22.3. The molecular weight excluding hydrogens is 342 g/mol. The maximum Gasteiger partial charge on any atom is 0.313 e. The van der Waals surface area contributed by atoms with Gasteiger partial charge >= 0.3 is 5.97 Å². The van der Waals surface area contributed by atoms with Gasteiger partial charge in [0, 0.05) is 25.8 Å². The highest BCUT2D eigenvalue weighted by atomic mass is 79.9. The zero-order valence-corrected chi connectivity index (χ0v) is 13.6. The van der Waals surface area contributed by atoms with Crippen molar-refractivity contribution in [1.29, 1.82) is 0 Å². The van der Waals surface area contributed by atoms with Gasteiger partial charge in [0.15, 0.2) is 10.4 Å². The first-order valence-electron chi connectivity index (χ1n) is 6.67. The van der Waals surface area contributed by atoms with Crippen LogP contribution in [0.25, 0.3) is 0 Å². The van der Waals surface area contributed by atoms with Gasteiger partial charge in [-0.15, -0.1) is 0 Å². The highest BCUT2D eigenvalue weighted by molar-refractivity contribution is 9.10.